The molecule has 1 aliphatic rings. The highest BCUT2D eigenvalue weighted by molar-refractivity contribution is 5.92. The molecule has 29 heavy (non-hydrogen) atoms. The summed E-state index contributed by atoms with van der Waals surface area (Å²) in [7, 11) is 0. The number of carbonyl (C=O) groups excluding carboxylic acids is 2. The van der Waals surface area contributed by atoms with Gasteiger partial charge in [-0.1, -0.05) is 19.1 Å². The molecule has 0 bridgehead atoms. The van der Waals surface area contributed by atoms with E-state index in [0.29, 0.717) is 36.7 Å². The predicted molar refractivity (Wildman–Crippen MR) is 106 cm³/mol. The first-order valence-electron chi connectivity index (χ1n) is 9.90. The summed E-state index contributed by atoms with van der Waals surface area (Å²) in [5.74, 6) is 0.800. The lowest BCUT2D eigenvalue weighted by molar-refractivity contribution is -0.126. The lowest BCUT2D eigenvalue weighted by Crippen LogP contribution is -2.45. The van der Waals surface area contributed by atoms with Crippen molar-refractivity contribution in [1.29, 1.82) is 5.26 Å². The van der Waals surface area contributed by atoms with Crippen molar-refractivity contribution >= 4 is 11.8 Å². The SMILES string of the molecule is CCCNC(=O)C1CCCN(C(=O)c2ccc(COc3ccccc3C#N)o2)C1. The van der Waals surface area contributed by atoms with E-state index in [1.54, 1.807) is 41.3 Å². The molecule has 152 valence electrons. The summed E-state index contributed by atoms with van der Waals surface area (Å²) >= 11 is 0. The van der Waals surface area contributed by atoms with E-state index in [9.17, 15) is 9.59 Å². The van der Waals surface area contributed by atoms with E-state index < -0.39 is 0 Å². The van der Waals surface area contributed by atoms with Crippen LogP contribution in [0.4, 0.5) is 0 Å². The molecule has 1 aromatic carbocycles. The van der Waals surface area contributed by atoms with Crippen molar-refractivity contribution in [2.75, 3.05) is 19.6 Å². The Labute approximate surface area is 170 Å². The summed E-state index contributed by atoms with van der Waals surface area (Å²) in [4.78, 5) is 26.7. The molecule has 1 unspecified atom stereocenters. The van der Waals surface area contributed by atoms with Crippen LogP contribution in [0.5, 0.6) is 5.75 Å². The van der Waals surface area contributed by atoms with E-state index >= 15 is 0 Å². The third kappa shape index (κ3) is 5.17. The van der Waals surface area contributed by atoms with Crippen LogP contribution in [-0.4, -0.2) is 36.3 Å². The molecule has 7 nitrogen and oxygen atoms in total. The van der Waals surface area contributed by atoms with Crippen molar-refractivity contribution in [3.63, 3.8) is 0 Å². The van der Waals surface area contributed by atoms with Gasteiger partial charge in [-0.25, -0.2) is 0 Å². The lowest BCUT2D eigenvalue weighted by atomic mass is 9.97. The smallest absolute Gasteiger partial charge is 0.289 e. The zero-order valence-electron chi connectivity index (χ0n) is 16.5. The molecule has 3 rings (SSSR count). The number of hydrogen-bond donors (Lipinski definition) is 1. The number of benzene rings is 1. The van der Waals surface area contributed by atoms with Crippen LogP contribution in [0.25, 0.3) is 0 Å². The van der Waals surface area contributed by atoms with Gasteiger partial charge in [-0.2, -0.15) is 5.26 Å². The van der Waals surface area contributed by atoms with Crippen LogP contribution in [0.3, 0.4) is 0 Å². The number of rotatable bonds is 7. The Balaban J connectivity index is 1.58. The number of furan rings is 1. The van der Waals surface area contributed by atoms with Gasteiger partial charge in [0, 0.05) is 19.6 Å². The molecule has 0 aliphatic carbocycles. The van der Waals surface area contributed by atoms with E-state index in [0.717, 1.165) is 19.3 Å². The van der Waals surface area contributed by atoms with E-state index in [1.807, 2.05) is 6.92 Å². The quantitative estimate of drug-likeness (QED) is 0.777. The number of piperidine rings is 1. The first-order valence-corrected chi connectivity index (χ1v) is 9.90. The average molecular weight is 395 g/mol. The van der Waals surface area contributed by atoms with Crippen LogP contribution < -0.4 is 10.1 Å². The molecule has 1 aliphatic heterocycles. The van der Waals surface area contributed by atoms with E-state index in [1.165, 1.54) is 0 Å². The molecule has 0 spiro atoms. The summed E-state index contributed by atoms with van der Waals surface area (Å²) < 4.78 is 11.3. The Hall–Kier alpha value is -3.27. The van der Waals surface area contributed by atoms with E-state index in [4.69, 9.17) is 14.4 Å². The molecule has 0 saturated carbocycles. The van der Waals surface area contributed by atoms with Crippen molar-refractivity contribution in [2.45, 2.75) is 32.8 Å². The Bertz CT molecular complexity index is 899. The number of nitrogens with zero attached hydrogens (tertiary/aromatic N) is 2. The summed E-state index contributed by atoms with van der Waals surface area (Å²) in [6, 6.07) is 12.3. The molecule has 1 atom stereocenters. The highest BCUT2D eigenvalue weighted by atomic mass is 16.5. The van der Waals surface area contributed by atoms with Crippen molar-refractivity contribution in [3.8, 4) is 11.8 Å². The largest absolute Gasteiger partial charge is 0.484 e. The molecule has 1 aromatic heterocycles. The molecule has 7 heteroatoms. The Morgan fingerprint density at radius 1 is 1.31 bits per heavy atom. The fourth-order valence-corrected chi connectivity index (χ4v) is 3.33. The highest BCUT2D eigenvalue weighted by Gasteiger charge is 2.30. The number of ether oxygens (including phenoxy) is 1. The molecule has 1 N–H and O–H groups in total. The van der Waals surface area contributed by atoms with E-state index in [2.05, 4.69) is 11.4 Å². The van der Waals surface area contributed by atoms with Crippen molar-refractivity contribution in [2.24, 2.45) is 5.92 Å². The molecule has 1 saturated heterocycles. The third-order valence-corrected chi connectivity index (χ3v) is 4.88. The van der Waals surface area contributed by atoms with Gasteiger partial charge in [-0.05, 0) is 43.5 Å². The fourth-order valence-electron chi connectivity index (χ4n) is 3.33. The molecular formula is C22H25N3O4. The summed E-state index contributed by atoms with van der Waals surface area (Å²) in [6.45, 7) is 3.79. The van der Waals surface area contributed by atoms with Gasteiger partial charge in [-0.3, -0.25) is 9.59 Å². The topological polar surface area (TPSA) is 95.6 Å². The van der Waals surface area contributed by atoms with Crippen LogP contribution in [0.2, 0.25) is 0 Å². The molecule has 2 amide bonds. The Morgan fingerprint density at radius 2 is 2.14 bits per heavy atom. The summed E-state index contributed by atoms with van der Waals surface area (Å²) in [5, 5.41) is 12.0. The number of likely N-dealkylation sites (tertiary alicyclic amines) is 1. The second-order valence-corrected chi connectivity index (χ2v) is 7.04. The molecule has 0 radical (unpaired) electrons. The number of nitrogens with one attached hydrogen (secondary N) is 1. The van der Waals surface area contributed by atoms with Gasteiger partial charge in [0.1, 0.15) is 24.2 Å². The maximum absolute atomic E-state index is 12.8. The van der Waals surface area contributed by atoms with Crippen molar-refractivity contribution < 1.29 is 18.7 Å². The fraction of sp³-hybridized carbons (Fsp3) is 0.409. The second-order valence-electron chi connectivity index (χ2n) is 7.04. The van der Waals surface area contributed by atoms with Crippen LogP contribution in [-0.2, 0) is 11.4 Å². The van der Waals surface area contributed by atoms with Crippen LogP contribution >= 0.6 is 0 Å². The second kappa shape index (κ2) is 9.78. The van der Waals surface area contributed by atoms with Gasteiger partial charge < -0.3 is 19.4 Å². The minimum Gasteiger partial charge on any atom is -0.484 e. The number of carbonyl (C=O) groups is 2. The Morgan fingerprint density at radius 3 is 2.93 bits per heavy atom. The minimum atomic E-state index is -0.221. The molecule has 2 heterocycles. The lowest BCUT2D eigenvalue weighted by Gasteiger charge is -2.31. The zero-order valence-corrected chi connectivity index (χ0v) is 16.5. The average Bonchev–Trinajstić information content (AvgIpc) is 3.24. The first-order chi connectivity index (χ1) is 14.1. The third-order valence-electron chi connectivity index (χ3n) is 4.88. The maximum Gasteiger partial charge on any atom is 0.289 e. The Kier molecular flexibility index (Phi) is 6.90. The number of hydrogen-bond acceptors (Lipinski definition) is 5. The van der Waals surface area contributed by atoms with Gasteiger partial charge in [0.05, 0.1) is 11.5 Å². The van der Waals surface area contributed by atoms with Gasteiger partial charge in [0.2, 0.25) is 5.91 Å². The summed E-state index contributed by atoms with van der Waals surface area (Å²) in [5.41, 5.74) is 0.441. The number of para-hydroxylation sites is 1. The molecule has 1 fully saturated rings. The molecule has 2 aromatic rings. The zero-order chi connectivity index (χ0) is 20.6. The van der Waals surface area contributed by atoms with Gasteiger partial charge in [0.25, 0.3) is 5.91 Å². The van der Waals surface area contributed by atoms with Crippen molar-refractivity contribution in [1.82, 2.24) is 10.2 Å². The van der Waals surface area contributed by atoms with Crippen LogP contribution in [0.15, 0.2) is 40.8 Å². The number of nitriles is 1. The first kappa shape index (κ1) is 20.5. The van der Waals surface area contributed by atoms with Crippen molar-refractivity contribution in [3.05, 3.63) is 53.5 Å². The standard InChI is InChI=1S/C22H25N3O4/c1-2-11-24-21(26)17-7-5-12-25(14-17)22(27)20-10-9-18(29-20)15-28-19-8-4-3-6-16(19)13-23/h3-4,6,8-10,17H,2,5,7,11-12,14-15H2,1H3,(H,24,26). The van der Waals surface area contributed by atoms with Crippen LogP contribution in [0, 0.1) is 17.2 Å². The van der Waals surface area contributed by atoms with Crippen LogP contribution in [0.1, 0.15) is 48.1 Å². The van der Waals surface area contributed by atoms with Gasteiger partial charge in [-0.15, -0.1) is 0 Å². The highest BCUT2D eigenvalue weighted by Crippen LogP contribution is 2.22. The van der Waals surface area contributed by atoms with E-state index in [-0.39, 0.29) is 30.1 Å². The van der Waals surface area contributed by atoms with Gasteiger partial charge in [0.15, 0.2) is 5.76 Å². The maximum atomic E-state index is 12.8. The minimum absolute atomic E-state index is 0.00837. The summed E-state index contributed by atoms with van der Waals surface area (Å²) in [6.07, 6.45) is 2.46. The molecular weight excluding hydrogens is 370 g/mol. The number of amides is 2. The van der Waals surface area contributed by atoms with Gasteiger partial charge >= 0.3 is 0 Å². The predicted octanol–water partition coefficient (Wildman–Crippen LogP) is 3.11. The normalized spacial score (nSPS) is 16.1. The monoisotopic (exact) mass is 395 g/mol.